The first kappa shape index (κ1) is 32.5. The molecule has 7 heteroatoms. The Morgan fingerprint density at radius 1 is 1.03 bits per heavy atom. The topological polar surface area (TPSA) is 96.0 Å². The summed E-state index contributed by atoms with van der Waals surface area (Å²) in [4.78, 5) is 32.2. The Hall–Kier alpha value is -2.67. The van der Waals surface area contributed by atoms with Gasteiger partial charge in [0.05, 0.1) is 6.54 Å². The number of phenolic OH excluding ortho intramolecular Hbond substituents is 1. The molecular weight excluding hydrogens is 554 g/mol. The molecule has 1 heterocycles. The van der Waals surface area contributed by atoms with Gasteiger partial charge >= 0.3 is 0 Å². The van der Waals surface area contributed by atoms with Gasteiger partial charge < -0.3 is 15.7 Å². The number of nitrogens with zero attached hydrogens (tertiary/aromatic N) is 2. The molecule has 0 radical (unpaired) electrons. The smallest absolute Gasteiger partial charge is 0.239 e. The number of hydrogen-bond acceptors (Lipinski definition) is 4. The largest absolute Gasteiger partial charge is 0.507 e. The highest BCUT2D eigenvalue weighted by molar-refractivity contribution is 8.93. The molecule has 0 aliphatic carbocycles. The van der Waals surface area contributed by atoms with E-state index in [1.807, 2.05) is 71.9 Å². The second-order valence-corrected chi connectivity index (χ2v) is 12.7. The normalized spacial score (nSPS) is 18.7. The maximum atomic E-state index is 13.8. The number of amidine groups is 1. The van der Waals surface area contributed by atoms with Crippen LogP contribution in [0.1, 0.15) is 88.4 Å². The molecule has 1 aliphatic heterocycles. The van der Waals surface area contributed by atoms with Crippen LogP contribution in [0.4, 0.5) is 0 Å². The molecule has 0 unspecified atom stereocenters. The SMILES string of the molecule is Br.CCC[C@H]1CN(CC(=O)c2cc(C(C)(C)C)c(O)c(C(C)(C)C)c2)C(=NCC(N)=O)[C@@H]1Cc1ccccc1. The fourth-order valence-electron chi connectivity index (χ4n) is 5.46. The number of hydrogen-bond donors (Lipinski definition) is 2. The van der Waals surface area contributed by atoms with Crippen LogP contribution in [-0.4, -0.2) is 47.2 Å². The zero-order valence-corrected chi connectivity index (χ0v) is 26.3. The van der Waals surface area contributed by atoms with E-state index in [1.165, 1.54) is 5.56 Å². The lowest BCUT2D eigenvalue weighted by molar-refractivity contribution is -0.116. The highest BCUT2D eigenvalue weighted by atomic mass is 79.9. The van der Waals surface area contributed by atoms with Gasteiger partial charge in [-0.25, -0.2) is 0 Å². The van der Waals surface area contributed by atoms with Crippen molar-refractivity contribution in [2.45, 2.75) is 78.6 Å². The second-order valence-electron chi connectivity index (χ2n) is 12.7. The van der Waals surface area contributed by atoms with Crippen molar-refractivity contribution in [3.63, 3.8) is 0 Å². The molecule has 1 saturated heterocycles. The molecule has 1 aliphatic rings. The van der Waals surface area contributed by atoms with E-state index in [0.29, 0.717) is 18.0 Å². The van der Waals surface area contributed by atoms with Gasteiger partial charge in [-0.2, -0.15) is 0 Å². The first-order valence-electron chi connectivity index (χ1n) is 13.7. The number of benzene rings is 2. The molecule has 1 fully saturated rings. The van der Waals surface area contributed by atoms with E-state index < -0.39 is 5.91 Å². The van der Waals surface area contributed by atoms with Crippen molar-refractivity contribution in [1.29, 1.82) is 0 Å². The Balaban J connectivity index is 0.00000533. The number of primary amides is 1. The van der Waals surface area contributed by atoms with Crippen molar-refractivity contribution in [3.8, 4) is 5.75 Å². The summed E-state index contributed by atoms with van der Waals surface area (Å²) in [6.45, 7) is 15.2. The van der Waals surface area contributed by atoms with Gasteiger partial charge in [0.15, 0.2) is 5.78 Å². The molecule has 0 saturated carbocycles. The number of halogens is 1. The van der Waals surface area contributed by atoms with Gasteiger partial charge in [0.25, 0.3) is 0 Å². The first-order chi connectivity index (χ1) is 17.7. The third-order valence-corrected chi connectivity index (χ3v) is 7.42. The molecule has 3 rings (SSSR count). The Bertz CT molecular complexity index is 1140. The van der Waals surface area contributed by atoms with Crippen LogP contribution in [0.15, 0.2) is 47.5 Å². The van der Waals surface area contributed by atoms with E-state index >= 15 is 0 Å². The fraction of sp³-hybridized carbons (Fsp3) is 0.531. The van der Waals surface area contributed by atoms with Gasteiger partial charge in [-0.05, 0) is 47.3 Å². The van der Waals surface area contributed by atoms with Crippen molar-refractivity contribution in [2.24, 2.45) is 22.6 Å². The van der Waals surface area contributed by atoms with E-state index in [9.17, 15) is 14.7 Å². The number of amides is 1. The number of Topliss-reactive ketones (excluding diaryl/α,β-unsaturated/α-hetero) is 1. The van der Waals surface area contributed by atoms with Crippen LogP contribution in [0.2, 0.25) is 0 Å². The Morgan fingerprint density at radius 3 is 2.08 bits per heavy atom. The number of likely N-dealkylation sites (tertiary alicyclic amines) is 1. The number of carbonyl (C=O) groups is 2. The zero-order chi connectivity index (χ0) is 28.3. The molecule has 0 bridgehead atoms. The van der Waals surface area contributed by atoms with Gasteiger partial charge in [-0.3, -0.25) is 14.6 Å². The Kier molecular flexibility index (Phi) is 10.9. The lowest BCUT2D eigenvalue weighted by atomic mass is 9.78. The van der Waals surface area contributed by atoms with Crippen LogP contribution in [0.5, 0.6) is 5.75 Å². The molecule has 3 N–H and O–H groups in total. The average molecular weight is 601 g/mol. The van der Waals surface area contributed by atoms with Crippen LogP contribution >= 0.6 is 17.0 Å². The summed E-state index contributed by atoms with van der Waals surface area (Å²) in [6, 6.07) is 14.0. The summed E-state index contributed by atoms with van der Waals surface area (Å²) in [6.07, 6.45) is 2.84. The minimum Gasteiger partial charge on any atom is -0.507 e. The fourth-order valence-corrected chi connectivity index (χ4v) is 5.46. The third kappa shape index (κ3) is 8.17. The molecule has 39 heavy (non-hydrogen) atoms. The lowest BCUT2D eigenvalue weighted by Crippen LogP contribution is -2.34. The molecule has 2 aromatic carbocycles. The average Bonchev–Trinajstić information content (AvgIpc) is 3.12. The number of nitrogens with two attached hydrogens (primary N) is 1. The van der Waals surface area contributed by atoms with Crippen molar-refractivity contribution in [1.82, 2.24) is 4.90 Å². The minimum absolute atomic E-state index is 0. The van der Waals surface area contributed by atoms with E-state index in [0.717, 1.165) is 36.2 Å². The number of rotatable bonds is 9. The maximum Gasteiger partial charge on any atom is 0.239 e. The summed E-state index contributed by atoms with van der Waals surface area (Å²) in [5, 5.41) is 11.1. The number of ketones is 1. The number of aliphatic imine (C=N–C) groups is 1. The van der Waals surface area contributed by atoms with Gasteiger partial charge in [-0.1, -0.05) is 85.2 Å². The minimum atomic E-state index is -0.482. The van der Waals surface area contributed by atoms with Crippen molar-refractivity contribution in [2.75, 3.05) is 19.6 Å². The van der Waals surface area contributed by atoms with Gasteiger partial charge in [0, 0.05) is 29.2 Å². The summed E-state index contributed by atoms with van der Waals surface area (Å²) in [5.74, 6) is 0.990. The van der Waals surface area contributed by atoms with Gasteiger partial charge in [-0.15, -0.1) is 17.0 Å². The highest BCUT2D eigenvalue weighted by Gasteiger charge is 2.39. The monoisotopic (exact) mass is 599 g/mol. The van der Waals surface area contributed by atoms with Crippen molar-refractivity contribution >= 4 is 34.5 Å². The summed E-state index contributed by atoms with van der Waals surface area (Å²) in [7, 11) is 0. The third-order valence-electron chi connectivity index (χ3n) is 7.42. The van der Waals surface area contributed by atoms with Crippen LogP contribution < -0.4 is 5.73 Å². The predicted octanol–water partition coefficient (Wildman–Crippen LogP) is 6.22. The second kappa shape index (κ2) is 13.1. The number of aromatic hydroxyl groups is 1. The number of carbonyl (C=O) groups excluding carboxylic acids is 2. The summed E-state index contributed by atoms with van der Waals surface area (Å²) in [5.41, 5.74) is 8.16. The first-order valence-corrected chi connectivity index (χ1v) is 13.7. The Labute approximate surface area is 244 Å². The van der Waals surface area contributed by atoms with Gasteiger partial charge in [0.2, 0.25) is 5.91 Å². The summed E-state index contributed by atoms with van der Waals surface area (Å²) >= 11 is 0. The molecule has 0 aromatic heterocycles. The zero-order valence-electron chi connectivity index (χ0n) is 24.6. The quantitative estimate of drug-likeness (QED) is 0.334. The van der Waals surface area contributed by atoms with Crippen molar-refractivity contribution in [3.05, 3.63) is 64.7 Å². The van der Waals surface area contributed by atoms with Crippen LogP contribution in [0, 0.1) is 11.8 Å². The molecule has 1 amide bonds. The lowest BCUT2D eigenvalue weighted by Gasteiger charge is -2.28. The maximum absolute atomic E-state index is 13.8. The van der Waals surface area contributed by atoms with Crippen molar-refractivity contribution < 1.29 is 14.7 Å². The molecule has 6 nitrogen and oxygen atoms in total. The molecular formula is C32H46BrN3O3. The molecule has 2 aromatic rings. The van der Waals surface area contributed by atoms with Crippen LogP contribution in [0.3, 0.4) is 0 Å². The highest BCUT2D eigenvalue weighted by Crippen LogP contribution is 2.40. The standard InChI is InChI=1S/C32H45N3O3.BrH/c1-8-12-22-19-35(30(34-18-28(33)37)24(22)15-21-13-10-9-11-14-21)20-27(36)23-16-25(31(2,3)4)29(38)26(17-23)32(5,6)7;/h9-11,13-14,16-17,22,24,38H,8,12,15,18-20H2,1-7H3,(H2,33,37);1H/t22-,24+;/m0./s1. The van der Waals surface area contributed by atoms with Gasteiger partial charge in [0.1, 0.15) is 18.1 Å². The Morgan fingerprint density at radius 2 is 1.59 bits per heavy atom. The van der Waals surface area contributed by atoms with E-state index in [1.54, 1.807) is 0 Å². The van der Waals surface area contributed by atoms with E-state index in [2.05, 4.69) is 28.9 Å². The molecule has 214 valence electrons. The molecule has 2 atom stereocenters. The van der Waals surface area contributed by atoms with E-state index in [4.69, 9.17) is 5.73 Å². The predicted molar refractivity (Wildman–Crippen MR) is 165 cm³/mol. The summed E-state index contributed by atoms with van der Waals surface area (Å²) < 4.78 is 0. The number of phenols is 1. The van der Waals surface area contributed by atoms with Crippen LogP contribution in [0.25, 0.3) is 0 Å². The van der Waals surface area contributed by atoms with Crippen LogP contribution in [-0.2, 0) is 22.0 Å². The van der Waals surface area contributed by atoms with E-state index in [-0.39, 0.29) is 58.4 Å². The molecule has 0 spiro atoms.